The minimum Gasteiger partial charge on any atom is -0.171 e. The molecule has 2 aliphatic carbocycles. The fraction of sp³-hybridized carbons (Fsp3) is 1.00. The van der Waals surface area contributed by atoms with Gasteiger partial charge in [0, 0.05) is 23.8 Å². The molecule has 55 heavy (non-hydrogen) atoms. The van der Waals surface area contributed by atoms with Gasteiger partial charge in [0.25, 0.3) is 0 Å². The Kier molecular flexibility index (Phi) is 51.2. The van der Waals surface area contributed by atoms with E-state index >= 15 is 0 Å². The Labute approximate surface area is 358 Å². The lowest BCUT2D eigenvalue weighted by Crippen LogP contribution is -2.12. The van der Waals surface area contributed by atoms with E-state index in [-0.39, 0.29) is 35.0 Å². The summed E-state index contributed by atoms with van der Waals surface area (Å²) in [6.07, 6.45) is 4.35. The highest BCUT2D eigenvalue weighted by Crippen LogP contribution is 2.27. The molecule has 0 saturated heterocycles. The van der Waals surface area contributed by atoms with Crippen molar-refractivity contribution in [3.05, 3.63) is 0 Å². The summed E-state index contributed by atoms with van der Waals surface area (Å²) in [5.41, 5.74) is -0.229. The summed E-state index contributed by atoms with van der Waals surface area (Å²) >= 11 is 0. The van der Waals surface area contributed by atoms with E-state index in [1.807, 2.05) is 69.2 Å². The molecule has 0 N–H and O–H groups in total. The molecular weight excluding hydrogens is 703 g/mol. The first-order chi connectivity index (χ1) is 27.9. The van der Waals surface area contributed by atoms with Crippen molar-refractivity contribution in [2.24, 2.45) is 35.0 Å². The van der Waals surface area contributed by atoms with Crippen LogP contribution in [0.5, 0.6) is 0 Å². The Balaban J connectivity index is -0.0000000907. The van der Waals surface area contributed by atoms with Crippen LogP contribution in [-0.2, 0) is 0 Å². The van der Waals surface area contributed by atoms with Crippen LogP contribution in [0.4, 0.5) is 26.3 Å². The van der Waals surface area contributed by atoms with E-state index in [0.29, 0.717) is 19.3 Å². The van der Waals surface area contributed by atoms with Gasteiger partial charge in [0.15, 0.2) is 0 Å². The van der Waals surface area contributed by atoms with Gasteiger partial charge in [-0.2, -0.15) is 26.3 Å². The second-order valence-electron chi connectivity index (χ2n) is 15.7. The topological polar surface area (TPSA) is 0 Å². The maximum absolute atomic E-state index is 11.5. The smallest absolute Gasteiger partial charge is 0.171 e. The van der Waals surface area contributed by atoms with Gasteiger partial charge in [-0.3, -0.25) is 0 Å². The minimum atomic E-state index is -3.98. The molecule has 0 aromatic carbocycles. The molecule has 0 heterocycles. The van der Waals surface area contributed by atoms with Crippen molar-refractivity contribution >= 4 is 0 Å². The molecular formula is C49H108F6. The Hall–Kier alpha value is -0.420. The van der Waals surface area contributed by atoms with E-state index in [9.17, 15) is 26.3 Å². The van der Waals surface area contributed by atoms with Gasteiger partial charge < -0.3 is 0 Å². The zero-order valence-electron chi connectivity index (χ0n) is 49.0. The molecule has 0 aliphatic heterocycles. The highest BCUT2D eigenvalue weighted by atomic mass is 19.4. The zero-order chi connectivity index (χ0) is 52.8. The van der Waals surface area contributed by atoms with Crippen molar-refractivity contribution in [3.63, 3.8) is 0 Å². The third-order valence-electron chi connectivity index (χ3n) is 7.90. The molecule has 0 radical (unpaired) electrons. The van der Waals surface area contributed by atoms with Crippen molar-refractivity contribution in [3.8, 4) is 0 Å². The Bertz CT molecular complexity index is 859. The van der Waals surface area contributed by atoms with Gasteiger partial charge in [-0.05, 0) is 35.0 Å². The summed E-state index contributed by atoms with van der Waals surface area (Å²) in [5.74, 6) is -0.458. The van der Waals surface area contributed by atoms with E-state index in [1.165, 1.54) is 51.4 Å². The van der Waals surface area contributed by atoms with Crippen molar-refractivity contribution in [2.75, 3.05) is 0 Å². The third kappa shape index (κ3) is 113. The molecule has 0 aromatic heterocycles. The van der Waals surface area contributed by atoms with Crippen LogP contribution in [0.2, 0.25) is 0 Å². The number of unbranched alkanes of at least 4 members (excludes halogenated alkanes) is 1. The summed E-state index contributed by atoms with van der Waals surface area (Å²) in [6, 6.07) is 0. The molecule has 0 nitrogen and oxygen atoms in total. The lowest BCUT2D eigenvalue weighted by Gasteiger charge is -2.15. The van der Waals surface area contributed by atoms with Crippen LogP contribution in [0.15, 0.2) is 0 Å². The van der Waals surface area contributed by atoms with Crippen molar-refractivity contribution in [1.82, 2.24) is 0 Å². The van der Waals surface area contributed by atoms with Crippen molar-refractivity contribution in [2.45, 2.75) is 286 Å². The van der Waals surface area contributed by atoms with E-state index < -0.39 is 44.3 Å². The average molecular weight is 819 g/mol. The van der Waals surface area contributed by atoms with Crippen LogP contribution in [0.1, 0.15) is 285 Å². The summed E-state index contributed by atoms with van der Waals surface area (Å²) < 4.78 is 126. The first-order valence-electron chi connectivity index (χ1n) is 26.0. The standard InChI is InChI=1S/C7H14.2C6H11F3.C6H12.C6H14.C5H12.2C4H10.C3H8.C2H6/c1-7-5-3-2-4-6-7;2*1-3-5(2)4-6(7,8)9;1-6-4-2-3-5-6;1-5-6(2,3)4;1-4-5(2)3;2*1-3-4-2;1-3-2;1-2/h7H,2-6H2,1H3;2*5H,3-4H2,1-2H3;6H,2-5H2,1H3;5H2,1-4H3;5H,4H2,1-3H3;2*3-4H2,1-2H3;3H2,1-2H3;1-2H3/t;2*5-;;;;;;;/m.00......./s1/i7D;;;6D;5D2;4D2;3D2;;;. The second kappa shape index (κ2) is 53.6. The van der Waals surface area contributed by atoms with Gasteiger partial charge in [-0.15, -0.1) is 0 Å². The quantitative estimate of drug-likeness (QED) is 0.225. The molecule has 6 heteroatoms. The lowest BCUT2D eigenvalue weighted by molar-refractivity contribution is -0.144. The van der Waals surface area contributed by atoms with Gasteiger partial charge in [0.1, 0.15) is 0 Å². The predicted octanol–water partition coefficient (Wildman–Crippen LogP) is 21.3. The Morgan fingerprint density at radius 1 is 0.545 bits per heavy atom. The van der Waals surface area contributed by atoms with E-state index in [1.54, 1.807) is 48.5 Å². The average Bonchev–Trinajstić information content (AvgIpc) is 3.51. The third-order valence-corrected chi connectivity index (χ3v) is 7.90. The number of hydrogen-bond acceptors (Lipinski definition) is 0. The second-order valence-corrected chi connectivity index (χ2v) is 15.7. The largest absolute Gasteiger partial charge is 0.389 e. The number of rotatable bonds is 7. The molecule has 2 atom stereocenters. The number of alkyl halides is 6. The van der Waals surface area contributed by atoms with Crippen LogP contribution in [0, 0.1) is 35.0 Å². The zero-order valence-corrected chi connectivity index (χ0v) is 41.0. The molecule has 0 bridgehead atoms. The van der Waals surface area contributed by atoms with Crippen molar-refractivity contribution in [1.29, 1.82) is 0 Å². The van der Waals surface area contributed by atoms with Gasteiger partial charge in [-0.1, -0.05) is 261 Å². The summed E-state index contributed by atoms with van der Waals surface area (Å²) in [5, 5.41) is 0. The molecule has 2 aliphatic rings. The van der Waals surface area contributed by atoms with Crippen LogP contribution < -0.4 is 0 Å². The molecule has 0 spiro atoms. The molecule has 0 unspecified atom stereocenters. The molecule has 0 amide bonds. The van der Waals surface area contributed by atoms with Gasteiger partial charge in [-0.25, -0.2) is 0 Å². The summed E-state index contributed by atoms with van der Waals surface area (Å²) in [4.78, 5) is 0. The minimum absolute atomic E-state index is 0.0556. The maximum atomic E-state index is 11.5. The van der Waals surface area contributed by atoms with Gasteiger partial charge in [0.05, 0.1) is 0 Å². The van der Waals surface area contributed by atoms with Gasteiger partial charge >= 0.3 is 12.4 Å². The fourth-order valence-corrected chi connectivity index (χ4v) is 3.21. The Morgan fingerprint density at radius 2 is 0.764 bits per heavy atom. The van der Waals surface area contributed by atoms with Gasteiger partial charge in [0.2, 0.25) is 0 Å². The Morgan fingerprint density at radius 3 is 0.836 bits per heavy atom. The predicted molar refractivity (Wildman–Crippen MR) is 243 cm³/mol. The molecule has 346 valence electrons. The normalized spacial score (nSPS) is 18.9. The summed E-state index contributed by atoms with van der Waals surface area (Å²) in [7, 11) is 0. The van der Waals surface area contributed by atoms with E-state index in [2.05, 4.69) is 27.7 Å². The van der Waals surface area contributed by atoms with E-state index in [4.69, 9.17) is 11.0 Å². The fourth-order valence-electron chi connectivity index (χ4n) is 3.21. The number of hydrogen-bond donors (Lipinski definition) is 0. The first-order valence-corrected chi connectivity index (χ1v) is 22.0. The van der Waals surface area contributed by atoms with Crippen LogP contribution in [0.25, 0.3) is 0 Å². The van der Waals surface area contributed by atoms with Crippen molar-refractivity contribution < 1.29 is 37.3 Å². The number of halogens is 6. The molecule has 0 aromatic rings. The maximum Gasteiger partial charge on any atom is 0.389 e. The highest BCUT2D eigenvalue weighted by Gasteiger charge is 2.29. The molecule has 2 saturated carbocycles. The monoisotopic (exact) mass is 819 g/mol. The van der Waals surface area contributed by atoms with Crippen LogP contribution >= 0.6 is 0 Å². The summed E-state index contributed by atoms with van der Waals surface area (Å²) in [6.45, 7) is 39.5. The van der Waals surface area contributed by atoms with Crippen LogP contribution in [-0.4, -0.2) is 12.4 Å². The first kappa shape index (κ1) is 52.6. The molecule has 2 rings (SSSR count). The van der Waals surface area contributed by atoms with E-state index in [0.717, 1.165) is 25.7 Å². The lowest BCUT2D eigenvalue weighted by atomic mass is 9.91. The molecule has 2 fully saturated rings. The highest BCUT2D eigenvalue weighted by molar-refractivity contribution is 4.61. The SMILES string of the molecule is CC.CCC.CCCC.CC[C@H](C)CC(F)(F)F.CC[C@H](C)CC(F)(F)F.[2H]C([2H])(C)C(C)(C)C.[2H]C([2H])(C)C(C)C.[2H]C([2H])(C)CC.[2H]C1(C)CCCC1.[2H]C1(C)CCCCC1. The van der Waals surface area contributed by atoms with Crippen LogP contribution in [0.3, 0.4) is 0 Å².